The van der Waals surface area contributed by atoms with Gasteiger partial charge >= 0.3 is 12.0 Å². The molecule has 1 saturated carbocycles. The van der Waals surface area contributed by atoms with Crippen LogP contribution in [0.5, 0.6) is 0 Å². The van der Waals surface area contributed by atoms with Crippen LogP contribution in [0.15, 0.2) is 0 Å². The Morgan fingerprint density at radius 3 is 2.30 bits per heavy atom. The zero-order valence-electron chi connectivity index (χ0n) is 12.7. The summed E-state index contributed by atoms with van der Waals surface area (Å²) in [5.74, 6) is 0.0699. The smallest absolute Gasteiger partial charge is 0.319 e. The molecule has 0 saturated heterocycles. The van der Waals surface area contributed by atoms with E-state index < -0.39 is 11.5 Å². The topological polar surface area (TPSA) is 60.9 Å². The van der Waals surface area contributed by atoms with Crippen LogP contribution in [-0.4, -0.2) is 65.1 Å². The highest BCUT2D eigenvalue weighted by Gasteiger charge is 2.41. The molecule has 0 radical (unpaired) electrons. The number of amides is 2. The van der Waals surface area contributed by atoms with Crippen LogP contribution in [0.25, 0.3) is 0 Å². The highest BCUT2D eigenvalue weighted by Crippen LogP contribution is 2.36. The second kappa shape index (κ2) is 7.76. The predicted octanol–water partition coefficient (Wildman–Crippen LogP) is 2.51. The lowest BCUT2D eigenvalue weighted by atomic mass is 9.78. The van der Waals surface area contributed by atoms with Crippen molar-refractivity contribution in [3.8, 4) is 0 Å². The summed E-state index contributed by atoms with van der Waals surface area (Å²) in [6.45, 7) is 0.688. The van der Waals surface area contributed by atoms with Crippen molar-refractivity contribution in [2.75, 3.05) is 32.6 Å². The van der Waals surface area contributed by atoms with Gasteiger partial charge in [-0.25, -0.2) is 4.79 Å². The summed E-state index contributed by atoms with van der Waals surface area (Å²) in [6, 6.07) is -0.0674. The summed E-state index contributed by atoms with van der Waals surface area (Å²) in [7, 11) is 3.54. The molecule has 0 heterocycles. The number of thioether (sulfide) groups is 1. The number of aliphatic carboxylic acids is 1. The molecule has 0 aromatic carbocycles. The summed E-state index contributed by atoms with van der Waals surface area (Å²) in [5, 5.41) is 9.19. The highest BCUT2D eigenvalue weighted by atomic mass is 32.2. The van der Waals surface area contributed by atoms with Gasteiger partial charge in [0, 0.05) is 26.4 Å². The second-order valence-corrected chi connectivity index (χ2v) is 6.60. The molecule has 1 aliphatic carbocycles. The van der Waals surface area contributed by atoms with Crippen LogP contribution in [0.4, 0.5) is 4.79 Å². The number of urea groups is 1. The summed E-state index contributed by atoms with van der Waals surface area (Å²) < 4.78 is 0. The van der Waals surface area contributed by atoms with Gasteiger partial charge in [-0.2, -0.15) is 11.8 Å². The first-order valence-corrected chi connectivity index (χ1v) is 8.52. The van der Waals surface area contributed by atoms with Crippen molar-refractivity contribution >= 4 is 23.8 Å². The Morgan fingerprint density at radius 2 is 1.80 bits per heavy atom. The van der Waals surface area contributed by atoms with Crippen LogP contribution in [0.1, 0.15) is 38.5 Å². The van der Waals surface area contributed by atoms with Crippen LogP contribution in [0.2, 0.25) is 0 Å². The minimum atomic E-state index is -0.821. The Morgan fingerprint density at radius 1 is 1.20 bits per heavy atom. The standard InChI is InChI=1S/C14H26N2O3S/c1-15(9-10-20-3)13(19)16(2)14(11-12(17)18)7-5-4-6-8-14/h4-11H2,1-3H3,(H,17,18). The van der Waals surface area contributed by atoms with Crippen molar-refractivity contribution in [3.63, 3.8) is 0 Å². The van der Waals surface area contributed by atoms with Gasteiger partial charge in [0.1, 0.15) is 0 Å². The predicted molar refractivity (Wildman–Crippen MR) is 82.2 cm³/mol. The first-order chi connectivity index (χ1) is 9.43. The largest absolute Gasteiger partial charge is 0.481 e. The molecule has 2 amide bonds. The molecule has 0 bridgehead atoms. The van der Waals surface area contributed by atoms with Crippen molar-refractivity contribution in [2.45, 2.75) is 44.1 Å². The molecule has 0 atom stereocenters. The van der Waals surface area contributed by atoms with Crippen LogP contribution < -0.4 is 0 Å². The van der Waals surface area contributed by atoms with Gasteiger partial charge in [-0.15, -0.1) is 0 Å². The quantitative estimate of drug-likeness (QED) is 0.819. The van der Waals surface area contributed by atoms with Gasteiger partial charge in [0.25, 0.3) is 0 Å². The maximum absolute atomic E-state index is 12.5. The van der Waals surface area contributed by atoms with Crippen LogP contribution in [-0.2, 0) is 4.79 Å². The van der Waals surface area contributed by atoms with Gasteiger partial charge in [0.2, 0.25) is 0 Å². The fraction of sp³-hybridized carbons (Fsp3) is 0.857. The number of nitrogens with zero attached hydrogens (tertiary/aromatic N) is 2. The average Bonchev–Trinajstić information content (AvgIpc) is 2.43. The molecule has 5 nitrogen and oxygen atoms in total. The van der Waals surface area contributed by atoms with Crippen LogP contribution in [0.3, 0.4) is 0 Å². The molecule has 0 unspecified atom stereocenters. The average molecular weight is 302 g/mol. The van der Waals surface area contributed by atoms with E-state index in [2.05, 4.69) is 0 Å². The molecule has 116 valence electrons. The number of carboxylic acids is 1. The minimum absolute atomic E-state index is 0.0472. The molecule has 0 aromatic heterocycles. The molecule has 20 heavy (non-hydrogen) atoms. The number of carbonyl (C=O) groups excluding carboxylic acids is 1. The Labute approximate surface area is 125 Å². The van der Waals surface area contributed by atoms with Crippen molar-refractivity contribution < 1.29 is 14.7 Å². The molecule has 1 N–H and O–H groups in total. The Balaban J connectivity index is 2.78. The fourth-order valence-electron chi connectivity index (χ4n) is 2.90. The number of hydrogen-bond donors (Lipinski definition) is 1. The third-order valence-electron chi connectivity index (χ3n) is 4.22. The number of carboxylic acid groups (broad SMARTS) is 1. The van der Waals surface area contributed by atoms with E-state index in [9.17, 15) is 14.7 Å². The molecule has 1 rings (SSSR count). The molecular weight excluding hydrogens is 276 g/mol. The van der Waals surface area contributed by atoms with Gasteiger partial charge in [0.05, 0.1) is 12.0 Å². The van der Waals surface area contributed by atoms with Crippen molar-refractivity contribution in [1.29, 1.82) is 0 Å². The summed E-state index contributed by atoms with van der Waals surface area (Å²) in [4.78, 5) is 27.0. The van der Waals surface area contributed by atoms with E-state index in [-0.39, 0.29) is 12.5 Å². The molecule has 1 aliphatic rings. The lowest BCUT2D eigenvalue weighted by Crippen LogP contribution is -2.55. The lowest BCUT2D eigenvalue weighted by Gasteiger charge is -2.45. The van der Waals surface area contributed by atoms with E-state index in [1.54, 1.807) is 35.7 Å². The van der Waals surface area contributed by atoms with Crippen LogP contribution >= 0.6 is 11.8 Å². The van der Waals surface area contributed by atoms with Gasteiger partial charge < -0.3 is 14.9 Å². The van der Waals surface area contributed by atoms with E-state index in [1.165, 1.54) is 0 Å². The normalized spacial score (nSPS) is 17.6. The maximum atomic E-state index is 12.5. The van der Waals surface area contributed by atoms with Crippen LogP contribution in [0, 0.1) is 0 Å². The number of hydrogen-bond acceptors (Lipinski definition) is 3. The van der Waals surface area contributed by atoms with Gasteiger partial charge in [-0.3, -0.25) is 4.79 Å². The van der Waals surface area contributed by atoms with Crippen molar-refractivity contribution in [2.24, 2.45) is 0 Å². The Hall–Kier alpha value is -0.910. The van der Waals surface area contributed by atoms with E-state index in [1.807, 2.05) is 6.26 Å². The molecule has 0 spiro atoms. The summed E-state index contributed by atoms with van der Waals surface area (Å²) >= 11 is 1.70. The first kappa shape index (κ1) is 17.1. The van der Waals surface area contributed by atoms with Crippen molar-refractivity contribution in [3.05, 3.63) is 0 Å². The van der Waals surface area contributed by atoms with E-state index in [4.69, 9.17) is 0 Å². The van der Waals surface area contributed by atoms with Gasteiger partial charge in [-0.1, -0.05) is 19.3 Å². The zero-order valence-corrected chi connectivity index (χ0v) is 13.5. The van der Waals surface area contributed by atoms with Gasteiger partial charge in [0.15, 0.2) is 0 Å². The third-order valence-corrected chi connectivity index (χ3v) is 4.81. The summed E-state index contributed by atoms with van der Waals surface area (Å²) in [5.41, 5.74) is -0.505. The molecular formula is C14H26N2O3S. The maximum Gasteiger partial charge on any atom is 0.319 e. The monoisotopic (exact) mass is 302 g/mol. The zero-order chi connectivity index (χ0) is 15.2. The fourth-order valence-corrected chi connectivity index (χ4v) is 3.36. The summed E-state index contributed by atoms with van der Waals surface area (Å²) in [6.07, 6.45) is 6.76. The van der Waals surface area contributed by atoms with Gasteiger partial charge in [-0.05, 0) is 19.1 Å². The Bertz CT molecular complexity index is 343. The lowest BCUT2D eigenvalue weighted by molar-refractivity contribution is -0.140. The van der Waals surface area contributed by atoms with E-state index in [0.717, 1.165) is 37.9 Å². The number of rotatable bonds is 6. The molecule has 0 aromatic rings. The minimum Gasteiger partial charge on any atom is -0.481 e. The van der Waals surface area contributed by atoms with E-state index in [0.29, 0.717) is 6.54 Å². The third kappa shape index (κ3) is 4.30. The first-order valence-electron chi connectivity index (χ1n) is 7.12. The molecule has 1 fully saturated rings. The SMILES string of the molecule is CSCCN(C)C(=O)N(C)C1(CC(=O)O)CCCCC1. The second-order valence-electron chi connectivity index (χ2n) is 5.61. The number of carbonyl (C=O) groups is 2. The molecule has 0 aliphatic heterocycles. The highest BCUT2D eigenvalue weighted by molar-refractivity contribution is 7.98. The molecule has 6 heteroatoms. The van der Waals surface area contributed by atoms with Crippen molar-refractivity contribution in [1.82, 2.24) is 9.80 Å². The Kier molecular flexibility index (Phi) is 6.65. The van der Waals surface area contributed by atoms with E-state index >= 15 is 0 Å².